The Morgan fingerprint density at radius 1 is 1.27 bits per heavy atom. The highest BCUT2D eigenvalue weighted by Crippen LogP contribution is 2.25. The molecule has 1 saturated heterocycles. The molecule has 1 aromatic heterocycles. The molecule has 1 aliphatic heterocycles. The lowest BCUT2D eigenvalue weighted by Gasteiger charge is -2.38. The van der Waals surface area contributed by atoms with Gasteiger partial charge < -0.3 is 9.52 Å². The fraction of sp³-hybridized carbons (Fsp3) is 0.667. The van der Waals surface area contributed by atoms with Gasteiger partial charge >= 0.3 is 0 Å². The van der Waals surface area contributed by atoms with Crippen LogP contribution in [0.4, 0.5) is 0 Å². The zero-order chi connectivity index (χ0) is 11.0. The van der Waals surface area contributed by atoms with E-state index in [1.807, 2.05) is 13.8 Å². The second kappa shape index (κ2) is 3.99. The van der Waals surface area contributed by atoms with Crippen molar-refractivity contribution in [3.63, 3.8) is 0 Å². The minimum Gasteiger partial charge on any atom is -0.466 e. The second-order valence-corrected chi connectivity index (χ2v) is 4.56. The molecular formula is C12H19NO2. The first-order chi connectivity index (χ1) is 7.11. The zero-order valence-corrected chi connectivity index (χ0v) is 9.71. The molecule has 1 aliphatic rings. The number of nitrogens with zero attached hydrogens (tertiary/aromatic N) is 1. The minimum atomic E-state index is 0.318. The minimum absolute atomic E-state index is 0.318. The van der Waals surface area contributed by atoms with Crippen LogP contribution in [-0.2, 0) is 6.54 Å². The molecule has 84 valence electrons. The number of aliphatic hydroxyl groups is 1. The number of hydrogen-bond donors (Lipinski definition) is 1. The van der Waals surface area contributed by atoms with Gasteiger partial charge in [0.25, 0.3) is 0 Å². The van der Waals surface area contributed by atoms with E-state index in [4.69, 9.17) is 9.52 Å². The maximum absolute atomic E-state index is 8.94. The van der Waals surface area contributed by atoms with Crippen LogP contribution in [0.25, 0.3) is 0 Å². The molecule has 3 heteroatoms. The Morgan fingerprint density at radius 3 is 2.40 bits per heavy atom. The highest BCUT2D eigenvalue weighted by Gasteiger charge is 2.27. The van der Waals surface area contributed by atoms with Crippen LogP contribution in [0.2, 0.25) is 0 Å². The lowest BCUT2D eigenvalue weighted by Crippen LogP contribution is -2.47. The number of aliphatic hydroxyl groups excluding tert-OH is 1. The molecule has 0 atom stereocenters. The molecule has 0 amide bonds. The molecule has 1 aromatic rings. The van der Waals surface area contributed by atoms with E-state index in [9.17, 15) is 0 Å². The maximum atomic E-state index is 8.94. The van der Waals surface area contributed by atoms with Crippen molar-refractivity contribution in [2.75, 3.05) is 19.7 Å². The summed E-state index contributed by atoms with van der Waals surface area (Å²) in [4.78, 5) is 2.35. The fourth-order valence-corrected chi connectivity index (χ4v) is 2.22. The quantitative estimate of drug-likeness (QED) is 0.822. The van der Waals surface area contributed by atoms with Gasteiger partial charge in [-0.05, 0) is 26.3 Å². The third kappa shape index (κ3) is 1.94. The molecule has 0 bridgehead atoms. The smallest absolute Gasteiger partial charge is 0.105 e. The van der Waals surface area contributed by atoms with Gasteiger partial charge in [-0.25, -0.2) is 0 Å². The van der Waals surface area contributed by atoms with Crippen LogP contribution in [0.1, 0.15) is 22.6 Å². The number of likely N-dealkylation sites (tertiary alicyclic amines) is 1. The Hall–Kier alpha value is -0.800. The molecular weight excluding hydrogens is 190 g/mol. The molecule has 15 heavy (non-hydrogen) atoms. The third-order valence-electron chi connectivity index (χ3n) is 3.38. The first-order valence-corrected chi connectivity index (χ1v) is 5.50. The van der Waals surface area contributed by atoms with E-state index in [1.165, 1.54) is 11.1 Å². The topological polar surface area (TPSA) is 36.6 Å². The fourth-order valence-electron chi connectivity index (χ4n) is 2.22. The monoisotopic (exact) mass is 209 g/mol. The van der Waals surface area contributed by atoms with Crippen molar-refractivity contribution >= 4 is 0 Å². The largest absolute Gasteiger partial charge is 0.466 e. The summed E-state index contributed by atoms with van der Waals surface area (Å²) >= 11 is 0. The SMILES string of the molecule is Cc1oc(C)c(CN2CC(CO)C2)c1C. The molecule has 0 aromatic carbocycles. The van der Waals surface area contributed by atoms with Gasteiger partial charge in [0.15, 0.2) is 0 Å². The Balaban J connectivity index is 2.00. The number of rotatable bonds is 3. The first-order valence-electron chi connectivity index (χ1n) is 5.50. The Morgan fingerprint density at radius 2 is 1.93 bits per heavy atom. The summed E-state index contributed by atoms with van der Waals surface area (Å²) < 4.78 is 5.59. The molecule has 0 aliphatic carbocycles. The molecule has 3 nitrogen and oxygen atoms in total. The van der Waals surface area contributed by atoms with Crippen molar-refractivity contribution in [3.8, 4) is 0 Å². The maximum Gasteiger partial charge on any atom is 0.105 e. The normalized spacial score (nSPS) is 18.1. The van der Waals surface area contributed by atoms with E-state index in [1.54, 1.807) is 0 Å². The van der Waals surface area contributed by atoms with Crippen LogP contribution in [-0.4, -0.2) is 29.7 Å². The predicted octanol–water partition coefficient (Wildman–Crippen LogP) is 1.63. The Labute approximate surface area is 90.7 Å². The van der Waals surface area contributed by atoms with Crippen molar-refractivity contribution in [3.05, 3.63) is 22.6 Å². The Kier molecular flexibility index (Phi) is 2.85. The molecule has 2 heterocycles. The number of aryl methyl sites for hydroxylation is 2. The highest BCUT2D eigenvalue weighted by atomic mass is 16.3. The standard InChI is InChI=1S/C12H19NO2/c1-8-9(2)15-10(3)12(8)6-13-4-11(5-13)7-14/h11,14H,4-7H2,1-3H3. The molecule has 0 radical (unpaired) electrons. The van der Waals surface area contributed by atoms with Gasteiger partial charge in [0.05, 0.1) is 0 Å². The van der Waals surface area contributed by atoms with Crippen LogP contribution < -0.4 is 0 Å². The van der Waals surface area contributed by atoms with Crippen molar-refractivity contribution < 1.29 is 9.52 Å². The van der Waals surface area contributed by atoms with E-state index in [0.717, 1.165) is 31.2 Å². The van der Waals surface area contributed by atoms with Gasteiger partial charge in [-0.2, -0.15) is 0 Å². The summed E-state index contributed by atoms with van der Waals surface area (Å²) in [7, 11) is 0. The van der Waals surface area contributed by atoms with Crippen molar-refractivity contribution in [1.82, 2.24) is 4.90 Å². The zero-order valence-electron chi connectivity index (χ0n) is 9.71. The van der Waals surface area contributed by atoms with Crippen molar-refractivity contribution in [2.24, 2.45) is 5.92 Å². The van der Waals surface area contributed by atoms with Crippen LogP contribution in [0.3, 0.4) is 0 Å². The van der Waals surface area contributed by atoms with Gasteiger partial charge in [-0.3, -0.25) is 4.90 Å². The van der Waals surface area contributed by atoms with Crippen LogP contribution in [0, 0.1) is 26.7 Å². The summed E-state index contributed by atoms with van der Waals surface area (Å²) in [5.41, 5.74) is 2.60. The molecule has 0 spiro atoms. The van der Waals surface area contributed by atoms with Gasteiger partial charge in [-0.1, -0.05) is 0 Å². The van der Waals surface area contributed by atoms with Crippen molar-refractivity contribution in [2.45, 2.75) is 27.3 Å². The lowest BCUT2D eigenvalue weighted by atomic mass is 9.99. The van der Waals surface area contributed by atoms with E-state index in [-0.39, 0.29) is 0 Å². The van der Waals surface area contributed by atoms with Gasteiger partial charge in [0.2, 0.25) is 0 Å². The Bertz CT molecular complexity index is 351. The summed E-state index contributed by atoms with van der Waals surface area (Å²) in [6, 6.07) is 0. The summed E-state index contributed by atoms with van der Waals surface area (Å²) in [5.74, 6) is 2.55. The lowest BCUT2D eigenvalue weighted by molar-refractivity contribution is 0.0475. The molecule has 0 unspecified atom stereocenters. The van der Waals surface area contributed by atoms with E-state index in [0.29, 0.717) is 12.5 Å². The van der Waals surface area contributed by atoms with Crippen LogP contribution in [0.5, 0.6) is 0 Å². The average molecular weight is 209 g/mol. The second-order valence-electron chi connectivity index (χ2n) is 4.56. The van der Waals surface area contributed by atoms with Crippen molar-refractivity contribution in [1.29, 1.82) is 0 Å². The van der Waals surface area contributed by atoms with Gasteiger partial charge in [0.1, 0.15) is 11.5 Å². The van der Waals surface area contributed by atoms with Crippen LogP contribution in [0.15, 0.2) is 4.42 Å². The van der Waals surface area contributed by atoms with Crippen LogP contribution >= 0.6 is 0 Å². The first kappa shape index (κ1) is 10.7. The molecule has 2 rings (SSSR count). The third-order valence-corrected chi connectivity index (χ3v) is 3.38. The van der Waals surface area contributed by atoms with Gasteiger partial charge in [-0.15, -0.1) is 0 Å². The molecule has 0 saturated carbocycles. The number of furan rings is 1. The molecule has 1 fully saturated rings. The van der Waals surface area contributed by atoms with E-state index < -0.39 is 0 Å². The molecule has 1 N–H and O–H groups in total. The van der Waals surface area contributed by atoms with Gasteiger partial charge in [0, 0.05) is 37.7 Å². The highest BCUT2D eigenvalue weighted by molar-refractivity contribution is 5.31. The van der Waals surface area contributed by atoms with E-state index in [2.05, 4.69) is 11.8 Å². The summed E-state index contributed by atoms with van der Waals surface area (Å²) in [5, 5.41) is 8.94. The summed E-state index contributed by atoms with van der Waals surface area (Å²) in [6.45, 7) is 9.46. The predicted molar refractivity (Wildman–Crippen MR) is 58.8 cm³/mol. The number of hydrogen-bond acceptors (Lipinski definition) is 3. The average Bonchev–Trinajstić information content (AvgIpc) is 2.36. The summed E-state index contributed by atoms with van der Waals surface area (Å²) in [6.07, 6.45) is 0. The van der Waals surface area contributed by atoms with E-state index >= 15 is 0 Å².